The Bertz CT molecular complexity index is 1020. The second-order valence-corrected chi connectivity index (χ2v) is 8.00. The summed E-state index contributed by atoms with van der Waals surface area (Å²) in [6.45, 7) is 0. The summed E-state index contributed by atoms with van der Waals surface area (Å²) in [6, 6.07) is 9.90. The minimum absolute atomic E-state index is 0.0413. The van der Waals surface area contributed by atoms with Gasteiger partial charge < -0.3 is 5.11 Å². The lowest BCUT2D eigenvalue weighted by molar-refractivity contribution is -0.117. The van der Waals surface area contributed by atoms with Crippen molar-refractivity contribution >= 4 is 55.4 Å². The van der Waals surface area contributed by atoms with Gasteiger partial charge in [0.2, 0.25) is 10.9 Å². The van der Waals surface area contributed by atoms with E-state index < -0.39 is 17.7 Å². The van der Waals surface area contributed by atoms with Gasteiger partial charge in [0.15, 0.2) is 5.76 Å². The molecule has 9 heteroatoms. The Kier molecular flexibility index (Phi) is 4.43. The number of thiophene rings is 1. The number of hydrogen-bond donors (Lipinski definition) is 1. The highest BCUT2D eigenvalue weighted by Gasteiger charge is 2.46. The van der Waals surface area contributed by atoms with E-state index in [1.54, 1.807) is 23.6 Å². The third-order valence-corrected chi connectivity index (χ3v) is 6.23. The number of ketones is 1. The third-order valence-electron chi connectivity index (χ3n) is 3.95. The van der Waals surface area contributed by atoms with Crippen LogP contribution < -0.4 is 4.90 Å². The molecule has 4 rings (SSSR count). The topological polar surface area (TPSA) is 83.4 Å². The number of carbonyl (C=O) groups excluding carboxylic acids is 2. The smallest absolute Gasteiger partial charge is 0.296 e. The van der Waals surface area contributed by atoms with Crippen molar-refractivity contribution in [3.05, 3.63) is 73.5 Å². The van der Waals surface area contributed by atoms with Crippen molar-refractivity contribution in [3.8, 4) is 0 Å². The van der Waals surface area contributed by atoms with Crippen LogP contribution in [0, 0.1) is 0 Å². The molecule has 0 saturated carbocycles. The number of carbonyl (C=O) groups is 2. The lowest BCUT2D eigenvalue weighted by atomic mass is 9.95. The van der Waals surface area contributed by atoms with E-state index in [9.17, 15) is 14.7 Å². The van der Waals surface area contributed by atoms with Gasteiger partial charge >= 0.3 is 0 Å². The first-order valence-electron chi connectivity index (χ1n) is 7.45. The fraction of sp³-hybridized carbons (Fsp3) is 0.0588. The summed E-state index contributed by atoms with van der Waals surface area (Å²) in [4.78, 5) is 27.6. The highest BCUT2D eigenvalue weighted by atomic mass is 79.9. The molecule has 0 spiro atoms. The van der Waals surface area contributed by atoms with E-state index in [1.165, 1.54) is 21.7 Å². The quantitative estimate of drug-likeness (QED) is 0.607. The van der Waals surface area contributed by atoms with Gasteiger partial charge in [-0.15, -0.1) is 21.5 Å². The van der Waals surface area contributed by atoms with Crippen LogP contribution in [0.2, 0.25) is 0 Å². The maximum absolute atomic E-state index is 13.0. The SMILES string of the molecule is O=C(C1=C(O)C(=O)N(c2nncs2)C1c1ccccc1Br)c1cccs1. The zero-order chi connectivity index (χ0) is 18.3. The lowest BCUT2D eigenvalue weighted by Crippen LogP contribution is -2.31. The molecular formula is C17H10BrN3O3S2. The van der Waals surface area contributed by atoms with E-state index in [1.807, 2.05) is 18.2 Å². The molecule has 6 nitrogen and oxygen atoms in total. The van der Waals surface area contributed by atoms with E-state index in [0.29, 0.717) is 15.6 Å². The Labute approximate surface area is 164 Å². The minimum atomic E-state index is -0.791. The standard InChI is InChI=1S/C17H10BrN3O3S2/c18-10-5-2-1-4-9(10)13-12(14(22)11-6-3-7-25-11)15(23)16(24)21(13)17-20-19-8-26-17/h1-8,13,23H. The van der Waals surface area contributed by atoms with Gasteiger partial charge in [-0.05, 0) is 23.1 Å². The predicted molar refractivity (Wildman–Crippen MR) is 103 cm³/mol. The van der Waals surface area contributed by atoms with Crippen LogP contribution in [0.4, 0.5) is 5.13 Å². The Balaban J connectivity index is 1.91. The van der Waals surface area contributed by atoms with Gasteiger partial charge in [0.25, 0.3) is 5.91 Å². The number of nitrogens with zero attached hydrogens (tertiary/aromatic N) is 3. The van der Waals surface area contributed by atoms with Crippen molar-refractivity contribution in [2.24, 2.45) is 0 Å². The molecule has 0 aliphatic carbocycles. The molecule has 0 radical (unpaired) electrons. The number of anilines is 1. The van der Waals surface area contributed by atoms with Crippen molar-refractivity contribution in [3.63, 3.8) is 0 Å². The number of aliphatic hydroxyl groups excluding tert-OH is 1. The molecular weight excluding hydrogens is 438 g/mol. The van der Waals surface area contributed by atoms with Crippen LogP contribution in [0.3, 0.4) is 0 Å². The number of hydrogen-bond acceptors (Lipinski definition) is 7. The van der Waals surface area contributed by atoms with Gasteiger partial charge in [-0.1, -0.05) is 51.5 Å². The Morgan fingerprint density at radius 1 is 1.19 bits per heavy atom. The Hall–Kier alpha value is -2.36. The van der Waals surface area contributed by atoms with Gasteiger partial charge in [0.1, 0.15) is 5.51 Å². The summed E-state index contributed by atoms with van der Waals surface area (Å²) in [5.74, 6) is -1.60. The maximum Gasteiger partial charge on any atom is 0.296 e. The van der Waals surface area contributed by atoms with Gasteiger partial charge in [-0.3, -0.25) is 14.5 Å². The average Bonchev–Trinajstić information content (AvgIpc) is 3.37. The molecule has 1 aromatic carbocycles. The second-order valence-electron chi connectivity index (χ2n) is 5.39. The molecule has 1 atom stereocenters. The van der Waals surface area contributed by atoms with Gasteiger partial charge in [0, 0.05) is 4.47 Å². The molecule has 1 aliphatic rings. The zero-order valence-corrected chi connectivity index (χ0v) is 16.2. The number of rotatable bonds is 4. The summed E-state index contributed by atoms with van der Waals surface area (Å²) < 4.78 is 0.721. The van der Waals surface area contributed by atoms with Gasteiger partial charge in [-0.25, -0.2) is 0 Å². The zero-order valence-electron chi connectivity index (χ0n) is 13.0. The molecule has 26 heavy (non-hydrogen) atoms. The van der Waals surface area contributed by atoms with Crippen LogP contribution in [-0.2, 0) is 4.79 Å². The molecule has 3 aromatic rings. The van der Waals surface area contributed by atoms with E-state index in [2.05, 4.69) is 26.1 Å². The largest absolute Gasteiger partial charge is 0.503 e. The lowest BCUT2D eigenvalue weighted by Gasteiger charge is -2.24. The molecule has 0 fully saturated rings. The summed E-state index contributed by atoms with van der Waals surface area (Å²) in [5.41, 5.74) is 2.22. The number of Topliss-reactive ketones (excluding diaryl/α,β-unsaturated/α-hetero) is 1. The van der Waals surface area contributed by atoms with Crippen LogP contribution in [0.5, 0.6) is 0 Å². The van der Waals surface area contributed by atoms with Crippen LogP contribution in [-0.4, -0.2) is 27.0 Å². The summed E-state index contributed by atoms with van der Waals surface area (Å²) in [6.07, 6.45) is 0. The number of halogens is 1. The maximum atomic E-state index is 13.0. The molecule has 1 unspecified atom stereocenters. The van der Waals surface area contributed by atoms with E-state index in [0.717, 1.165) is 15.8 Å². The first-order valence-corrected chi connectivity index (χ1v) is 10.0. The first kappa shape index (κ1) is 17.1. The number of benzene rings is 1. The van der Waals surface area contributed by atoms with Crippen molar-refractivity contribution in [2.45, 2.75) is 6.04 Å². The van der Waals surface area contributed by atoms with Crippen molar-refractivity contribution in [2.75, 3.05) is 4.90 Å². The summed E-state index contributed by atoms with van der Waals surface area (Å²) in [7, 11) is 0. The Morgan fingerprint density at radius 3 is 2.65 bits per heavy atom. The van der Waals surface area contributed by atoms with Crippen molar-refractivity contribution in [1.82, 2.24) is 10.2 Å². The molecule has 0 bridgehead atoms. The monoisotopic (exact) mass is 447 g/mol. The normalized spacial score (nSPS) is 17.2. The summed E-state index contributed by atoms with van der Waals surface area (Å²) >= 11 is 5.90. The number of amides is 1. The molecule has 2 aromatic heterocycles. The van der Waals surface area contributed by atoms with E-state index >= 15 is 0 Å². The van der Waals surface area contributed by atoms with Crippen LogP contribution in [0.25, 0.3) is 0 Å². The molecule has 1 aliphatic heterocycles. The average molecular weight is 448 g/mol. The van der Waals surface area contributed by atoms with Gasteiger partial charge in [0.05, 0.1) is 16.5 Å². The fourth-order valence-corrected chi connectivity index (χ4v) is 4.60. The summed E-state index contributed by atoms with van der Waals surface area (Å²) in [5, 5.41) is 20.4. The van der Waals surface area contributed by atoms with Crippen molar-refractivity contribution < 1.29 is 14.7 Å². The molecule has 130 valence electrons. The molecule has 0 saturated heterocycles. The highest BCUT2D eigenvalue weighted by Crippen LogP contribution is 2.44. The van der Waals surface area contributed by atoms with Crippen LogP contribution >= 0.6 is 38.6 Å². The Morgan fingerprint density at radius 2 is 2.00 bits per heavy atom. The number of aliphatic hydroxyl groups is 1. The highest BCUT2D eigenvalue weighted by molar-refractivity contribution is 9.10. The third kappa shape index (κ3) is 2.68. The molecule has 3 heterocycles. The van der Waals surface area contributed by atoms with E-state index in [-0.39, 0.29) is 11.4 Å². The number of aromatic nitrogens is 2. The fourth-order valence-electron chi connectivity index (χ4n) is 2.84. The van der Waals surface area contributed by atoms with Gasteiger partial charge in [-0.2, -0.15) is 0 Å². The first-order chi connectivity index (χ1) is 12.6. The van der Waals surface area contributed by atoms with Crippen LogP contribution in [0.15, 0.2) is 63.1 Å². The predicted octanol–water partition coefficient (Wildman–Crippen LogP) is 4.15. The van der Waals surface area contributed by atoms with Crippen molar-refractivity contribution in [1.29, 1.82) is 0 Å². The van der Waals surface area contributed by atoms with E-state index in [4.69, 9.17) is 0 Å². The minimum Gasteiger partial charge on any atom is -0.503 e. The second kappa shape index (κ2) is 6.75. The van der Waals surface area contributed by atoms with Crippen LogP contribution in [0.1, 0.15) is 21.3 Å². The molecule has 1 N–H and O–H groups in total. The molecule has 1 amide bonds.